The molecule has 0 saturated heterocycles. The fourth-order valence-corrected chi connectivity index (χ4v) is 1.91. The Bertz CT molecular complexity index is 522. The van der Waals surface area contributed by atoms with E-state index in [1.165, 1.54) is 0 Å². The molecule has 18 heavy (non-hydrogen) atoms. The first-order valence-electron chi connectivity index (χ1n) is 5.75. The Labute approximate surface area is 105 Å². The second kappa shape index (κ2) is 5.46. The molecule has 1 unspecified atom stereocenters. The van der Waals surface area contributed by atoms with Gasteiger partial charge in [0.15, 0.2) is 0 Å². The lowest BCUT2D eigenvalue weighted by Gasteiger charge is -2.16. The molecular weight excluding hydrogens is 228 g/mol. The number of carbonyl (C=O) groups excluding carboxylic acids is 1. The maximum Gasteiger partial charge on any atom is 0.248 e. The molecule has 0 saturated carbocycles. The number of benzene rings is 1. The molecular formula is C13H16N4O. The van der Waals surface area contributed by atoms with Crippen LogP contribution in [0.1, 0.15) is 27.7 Å². The molecule has 2 rings (SSSR count). The minimum absolute atomic E-state index is 0.116. The van der Waals surface area contributed by atoms with Crippen molar-refractivity contribution in [3.05, 3.63) is 53.6 Å². The van der Waals surface area contributed by atoms with E-state index in [9.17, 15) is 4.79 Å². The van der Waals surface area contributed by atoms with Crippen molar-refractivity contribution in [2.75, 3.05) is 7.05 Å². The van der Waals surface area contributed by atoms with Crippen LogP contribution in [0.5, 0.6) is 0 Å². The van der Waals surface area contributed by atoms with Gasteiger partial charge in [0.25, 0.3) is 0 Å². The van der Waals surface area contributed by atoms with E-state index in [0.29, 0.717) is 5.56 Å². The first-order chi connectivity index (χ1) is 8.70. The maximum absolute atomic E-state index is 11.2. The van der Waals surface area contributed by atoms with Crippen molar-refractivity contribution >= 4 is 5.91 Å². The van der Waals surface area contributed by atoms with Crippen LogP contribution in [-0.2, 0) is 6.42 Å². The molecule has 0 aliphatic rings. The number of aromatic amines is 1. The van der Waals surface area contributed by atoms with Gasteiger partial charge in [-0.15, -0.1) is 0 Å². The number of likely N-dealkylation sites (N-methyl/N-ethyl adjacent to an activating group) is 1. The standard InChI is InChI=1S/C13H16N4O/c1-15-12(6-11-7-16-8-17-11)9-3-2-4-10(5-9)13(14)18/h2-5,7-8,12,15H,6H2,1H3,(H2,14,18)(H,16,17). The van der Waals surface area contributed by atoms with Crippen LogP contribution in [0.2, 0.25) is 0 Å². The molecule has 2 aromatic rings. The third-order valence-electron chi connectivity index (χ3n) is 2.90. The Morgan fingerprint density at radius 3 is 3.00 bits per heavy atom. The van der Waals surface area contributed by atoms with Gasteiger partial charge in [-0.2, -0.15) is 0 Å². The summed E-state index contributed by atoms with van der Waals surface area (Å²) in [5.74, 6) is -0.409. The number of nitrogens with zero attached hydrogens (tertiary/aromatic N) is 1. The molecule has 0 aliphatic heterocycles. The van der Waals surface area contributed by atoms with E-state index in [-0.39, 0.29) is 6.04 Å². The second-order valence-electron chi connectivity index (χ2n) is 4.11. The van der Waals surface area contributed by atoms with Crippen molar-refractivity contribution in [2.24, 2.45) is 5.73 Å². The molecule has 0 fully saturated rings. The minimum Gasteiger partial charge on any atom is -0.366 e. The van der Waals surface area contributed by atoms with Crippen molar-refractivity contribution in [2.45, 2.75) is 12.5 Å². The Kier molecular flexibility index (Phi) is 3.74. The quantitative estimate of drug-likeness (QED) is 0.734. The van der Waals surface area contributed by atoms with Crippen molar-refractivity contribution in [1.82, 2.24) is 15.3 Å². The Morgan fingerprint density at radius 1 is 1.56 bits per heavy atom. The van der Waals surface area contributed by atoms with Crippen LogP contribution in [0.15, 0.2) is 36.8 Å². The van der Waals surface area contributed by atoms with Crippen molar-refractivity contribution in [3.63, 3.8) is 0 Å². The van der Waals surface area contributed by atoms with Gasteiger partial charge in [0, 0.05) is 29.9 Å². The maximum atomic E-state index is 11.2. The zero-order valence-corrected chi connectivity index (χ0v) is 10.2. The first-order valence-corrected chi connectivity index (χ1v) is 5.75. The van der Waals surface area contributed by atoms with E-state index in [1.807, 2.05) is 25.2 Å². The molecule has 0 radical (unpaired) electrons. The van der Waals surface area contributed by atoms with E-state index in [2.05, 4.69) is 15.3 Å². The largest absolute Gasteiger partial charge is 0.366 e. The molecule has 94 valence electrons. The van der Waals surface area contributed by atoms with Crippen LogP contribution in [-0.4, -0.2) is 22.9 Å². The van der Waals surface area contributed by atoms with Gasteiger partial charge in [-0.25, -0.2) is 4.98 Å². The average molecular weight is 244 g/mol. The summed E-state index contributed by atoms with van der Waals surface area (Å²) in [6, 6.07) is 7.47. The number of imidazole rings is 1. The molecule has 0 aliphatic carbocycles. The summed E-state index contributed by atoms with van der Waals surface area (Å²) in [5.41, 5.74) is 7.88. The number of H-pyrrole nitrogens is 1. The first kappa shape index (κ1) is 12.3. The smallest absolute Gasteiger partial charge is 0.248 e. The molecule has 5 heteroatoms. The molecule has 1 heterocycles. The molecule has 5 nitrogen and oxygen atoms in total. The summed E-state index contributed by atoms with van der Waals surface area (Å²) >= 11 is 0. The highest BCUT2D eigenvalue weighted by molar-refractivity contribution is 5.92. The molecule has 1 amide bonds. The van der Waals surface area contributed by atoms with Crippen LogP contribution >= 0.6 is 0 Å². The fourth-order valence-electron chi connectivity index (χ4n) is 1.91. The van der Waals surface area contributed by atoms with Crippen molar-refractivity contribution < 1.29 is 4.79 Å². The monoisotopic (exact) mass is 244 g/mol. The lowest BCUT2D eigenvalue weighted by Crippen LogP contribution is -2.20. The number of hydrogen-bond donors (Lipinski definition) is 3. The van der Waals surface area contributed by atoms with E-state index in [1.54, 1.807) is 18.6 Å². The van der Waals surface area contributed by atoms with Crippen molar-refractivity contribution in [3.8, 4) is 0 Å². The van der Waals surface area contributed by atoms with E-state index >= 15 is 0 Å². The predicted octanol–water partition coefficient (Wildman–Crippen LogP) is 1.01. The molecule has 1 aromatic heterocycles. The summed E-state index contributed by atoms with van der Waals surface area (Å²) in [6.07, 6.45) is 4.23. The Hall–Kier alpha value is -2.14. The molecule has 4 N–H and O–H groups in total. The zero-order chi connectivity index (χ0) is 13.0. The highest BCUT2D eigenvalue weighted by Gasteiger charge is 2.12. The summed E-state index contributed by atoms with van der Waals surface area (Å²) in [7, 11) is 1.89. The number of nitrogens with two attached hydrogens (primary N) is 1. The minimum atomic E-state index is -0.409. The number of rotatable bonds is 5. The average Bonchev–Trinajstić information content (AvgIpc) is 2.89. The predicted molar refractivity (Wildman–Crippen MR) is 69.1 cm³/mol. The van der Waals surface area contributed by atoms with Crippen molar-refractivity contribution in [1.29, 1.82) is 0 Å². The molecule has 1 atom stereocenters. The van der Waals surface area contributed by atoms with Crippen LogP contribution < -0.4 is 11.1 Å². The number of amides is 1. The lowest BCUT2D eigenvalue weighted by atomic mass is 10.00. The SMILES string of the molecule is CNC(Cc1cnc[nH]1)c1cccc(C(N)=O)c1. The lowest BCUT2D eigenvalue weighted by molar-refractivity contribution is 0.1000. The second-order valence-corrected chi connectivity index (χ2v) is 4.11. The summed E-state index contributed by atoms with van der Waals surface area (Å²) in [6.45, 7) is 0. The van der Waals surface area contributed by atoms with Gasteiger partial charge in [-0.3, -0.25) is 4.79 Å². The summed E-state index contributed by atoms with van der Waals surface area (Å²) < 4.78 is 0. The highest BCUT2D eigenvalue weighted by atomic mass is 16.1. The summed E-state index contributed by atoms with van der Waals surface area (Å²) in [4.78, 5) is 18.2. The Balaban J connectivity index is 2.21. The zero-order valence-electron chi connectivity index (χ0n) is 10.2. The topological polar surface area (TPSA) is 83.8 Å². The van der Waals surface area contributed by atoms with Gasteiger partial charge in [-0.05, 0) is 24.7 Å². The van der Waals surface area contributed by atoms with Crippen LogP contribution in [0.4, 0.5) is 0 Å². The molecule has 1 aromatic carbocycles. The van der Waals surface area contributed by atoms with Crippen LogP contribution in [0.25, 0.3) is 0 Å². The molecule has 0 spiro atoms. The number of carbonyl (C=O) groups is 1. The van der Waals surface area contributed by atoms with E-state index in [4.69, 9.17) is 5.73 Å². The number of hydrogen-bond acceptors (Lipinski definition) is 3. The number of primary amides is 1. The number of nitrogens with one attached hydrogen (secondary N) is 2. The van der Waals surface area contributed by atoms with Gasteiger partial charge in [0.2, 0.25) is 5.91 Å². The molecule has 0 bridgehead atoms. The third kappa shape index (κ3) is 2.75. The number of aromatic nitrogens is 2. The normalized spacial score (nSPS) is 12.3. The Morgan fingerprint density at radius 2 is 2.39 bits per heavy atom. The van der Waals surface area contributed by atoms with Crippen LogP contribution in [0, 0.1) is 0 Å². The van der Waals surface area contributed by atoms with Gasteiger partial charge < -0.3 is 16.0 Å². The van der Waals surface area contributed by atoms with Crippen LogP contribution in [0.3, 0.4) is 0 Å². The third-order valence-corrected chi connectivity index (χ3v) is 2.90. The fraction of sp³-hybridized carbons (Fsp3) is 0.231. The van der Waals surface area contributed by atoms with Gasteiger partial charge >= 0.3 is 0 Å². The highest BCUT2D eigenvalue weighted by Crippen LogP contribution is 2.18. The summed E-state index contributed by atoms with van der Waals surface area (Å²) in [5, 5.41) is 3.22. The van der Waals surface area contributed by atoms with E-state index in [0.717, 1.165) is 17.7 Å². The van der Waals surface area contributed by atoms with Gasteiger partial charge in [0.05, 0.1) is 6.33 Å². The van der Waals surface area contributed by atoms with E-state index < -0.39 is 5.91 Å². The van der Waals surface area contributed by atoms with Gasteiger partial charge in [0.1, 0.15) is 0 Å². The van der Waals surface area contributed by atoms with Gasteiger partial charge in [-0.1, -0.05) is 12.1 Å².